The molecule has 3 aromatic rings. The number of hydrogen-bond acceptors (Lipinski definition) is 5. The molecule has 1 atom stereocenters. The van der Waals surface area contributed by atoms with Crippen molar-refractivity contribution in [3.8, 4) is 0 Å². The van der Waals surface area contributed by atoms with Crippen molar-refractivity contribution in [2.45, 2.75) is 38.0 Å². The molecule has 0 bridgehead atoms. The summed E-state index contributed by atoms with van der Waals surface area (Å²) < 4.78 is 0. The van der Waals surface area contributed by atoms with Gasteiger partial charge in [-0.25, -0.2) is 4.98 Å². The smallest absolute Gasteiger partial charge is 0.255 e. The maximum Gasteiger partial charge on any atom is 0.255 e. The molecule has 3 heterocycles. The van der Waals surface area contributed by atoms with Gasteiger partial charge in [-0.05, 0) is 44.7 Å². The topological polar surface area (TPSA) is 65.1 Å². The molecule has 1 aliphatic carbocycles. The third-order valence-corrected chi connectivity index (χ3v) is 6.52. The maximum atomic E-state index is 12.7. The first-order chi connectivity index (χ1) is 14.0. The van der Waals surface area contributed by atoms with Gasteiger partial charge in [0.05, 0.1) is 11.2 Å². The fourth-order valence-corrected chi connectivity index (χ4v) is 5.13. The number of anilines is 2. The maximum absolute atomic E-state index is 12.7. The van der Waals surface area contributed by atoms with Crippen LogP contribution in [0.3, 0.4) is 0 Å². The predicted molar refractivity (Wildman–Crippen MR) is 117 cm³/mol. The Morgan fingerprint density at radius 3 is 2.83 bits per heavy atom. The summed E-state index contributed by atoms with van der Waals surface area (Å²) in [5.74, 6) is 0.650. The Bertz CT molecular complexity index is 1150. The molecule has 1 saturated heterocycles. The van der Waals surface area contributed by atoms with E-state index >= 15 is 0 Å². The first kappa shape index (κ1) is 18.2. The standard InChI is InChI=1S/C23H27N5O/c1-15-13-19(16-7-4-5-8-18(16)24-15)28-12-6-10-23(14-28)11-9-17-20(23)25-22(27(2)3)26-21(17)29/h4-5,7-8,13H,6,9-12,14H2,1-3H3,(H,25,26,29). The number of benzene rings is 1. The lowest BCUT2D eigenvalue weighted by Crippen LogP contribution is -2.46. The zero-order chi connectivity index (χ0) is 20.2. The number of aryl methyl sites for hydroxylation is 1. The van der Waals surface area contributed by atoms with Gasteiger partial charge in [-0.1, -0.05) is 18.2 Å². The summed E-state index contributed by atoms with van der Waals surface area (Å²) in [6.07, 6.45) is 3.99. The van der Waals surface area contributed by atoms with Crippen molar-refractivity contribution in [2.24, 2.45) is 0 Å². The summed E-state index contributed by atoms with van der Waals surface area (Å²) in [4.78, 5) is 29.6. The van der Waals surface area contributed by atoms with Crippen LogP contribution >= 0.6 is 0 Å². The number of para-hydroxylation sites is 1. The number of piperidine rings is 1. The zero-order valence-corrected chi connectivity index (χ0v) is 17.3. The molecule has 1 unspecified atom stereocenters. The highest BCUT2D eigenvalue weighted by atomic mass is 16.1. The lowest BCUT2D eigenvalue weighted by atomic mass is 9.77. The molecule has 5 rings (SSSR count). The summed E-state index contributed by atoms with van der Waals surface area (Å²) in [5, 5.41) is 1.20. The number of nitrogens with one attached hydrogen (secondary N) is 1. The second-order valence-corrected chi connectivity index (χ2v) is 8.72. The number of fused-ring (bicyclic) bond motifs is 3. The van der Waals surface area contributed by atoms with Crippen molar-refractivity contribution in [3.63, 3.8) is 0 Å². The molecule has 1 N–H and O–H groups in total. The largest absolute Gasteiger partial charge is 0.370 e. The van der Waals surface area contributed by atoms with Gasteiger partial charge in [-0.3, -0.25) is 14.8 Å². The quantitative estimate of drug-likeness (QED) is 0.729. The van der Waals surface area contributed by atoms with Gasteiger partial charge < -0.3 is 9.80 Å². The molecule has 1 fully saturated rings. The van der Waals surface area contributed by atoms with E-state index in [0.717, 1.165) is 61.2 Å². The van der Waals surface area contributed by atoms with Crippen molar-refractivity contribution in [3.05, 3.63) is 57.6 Å². The minimum absolute atomic E-state index is 0.0258. The van der Waals surface area contributed by atoms with Gasteiger partial charge in [0.15, 0.2) is 0 Å². The number of aromatic nitrogens is 3. The molecule has 2 aliphatic rings. The van der Waals surface area contributed by atoms with Crippen LogP contribution < -0.4 is 15.4 Å². The van der Waals surface area contributed by atoms with Crippen LogP contribution in [-0.2, 0) is 11.8 Å². The molecule has 1 aromatic carbocycles. The van der Waals surface area contributed by atoms with Crippen molar-refractivity contribution in [1.82, 2.24) is 15.0 Å². The fraction of sp³-hybridized carbons (Fsp3) is 0.435. The van der Waals surface area contributed by atoms with E-state index in [4.69, 9.17) is 9.97 Å². The highest BCUT2D eigenvalue weighted by Gasteiger charge is 2.45. The third-order valence-electron chi connectivity index (χ3n) is 6.52. The number of pyridine rings is 1. The molecule has 6 nitrogen and oxygen atoms in total. The Morgan fingerprint density at radius 2 is 2.00 bits per heavy atom. The van der Waals surface area contributed by atoms with Crippen molar-refractivity contribution in [2.75, 3.05) is 37.0 Å². The van der Waals surface area contributed by atoms with Crippen LogP contribution in [0, 0.1) is 6.92 Å². The van der Waals surface area contributed by atoms with Crippen LogP contribution in [-0.4, -0.2) is 42.1 Å². The van der Waals surface area contributed by atoms with Crippen LogP contribution in [0.15, 0.2) is 35.1 Å². The molecule has 0 amide bonds. The Morgan fingerprint density at radius 1 is 1.17 bits per heavy atom. The summed E-state index contributed by atoms with van der Waals surface area (Å²) in [6, 6.07) is 10.6. The minimum atomic E-state index is -0.0507. The molecule has 1 aliphatic heterocycles. The van der Waals surface area contributed by atoms with Gasteiger partial charge in [-0.15, -0.1) is 0 Å². The average Bonchev–Trinajstić information content (AvgIpc) is 3.05. The van der Waals surface area contributed by atoms with Crippen molar-refractivity contribution >= 4 is 22.5 Å². The minimum Gasteiger partial charge on any atom is -0.370 e. The normalized spacial score (nSPS) is 21.0. The Balaban J connectivity index is 1.60. The van der Waals surface area contributed by atoms with Crippen LogP contribution in [0.1, 0.15) is 36.2 Å². The van der Waals surface area contributed by atoms with Crippen LogP contribution in [0.25, 0.3) is 10.9 Å². The van der Waals surface area contributed by atoms with E-state index in [9.17, 15) is 4.79 Å². The summed E-state index contributed by atoms with van der Waals surface area (Å²) in [5.41, 5.74) is 5.20. The molecule has 150 valence electrons. The van der Waals surface area contributed by atoms with Gasteiger partial charge in [0.1, 0.15) is 0 Å². The van der Waals surface area contributed by atoms with E-state index in [2.05, 4.69) is 41.1 Å². The third kappa shape index (κ3) is 2.89. The second kappa shape index (κ2) is 6.58. The van der Waals surface area contributed by atoms with Crippen LogP contribution in [0.5, 0.6) is 0 Å². The van der Waals surface area contributed by atoms with Gasteiger partial charge in [-0.2, -0.15) is 0 Å². The molecular formula is C23H27N5O. The Kier molecular flexibility index (Phi) is 4.12. The van der Waals surface area contributed by atoms with E-state index in [1.807, 2.05) is 25.1 Å². The molecule has 0 saturated carbocycles. The first-order valence-corrected chi connectivity index (χ1v) is 10.4. The first-order valence-electron chi connectivity index (χ1n) is 10.4. The Labute approximate surface area is 170 Å². The van der Waals surface area contributed by atoms with E-state index in [1.54, 1.807) is 0 Å². The molecular weight excluding hydrogens is 362 g/mol. The van der Waals surface area contributed by atoms with Gasteiger partial charge in [0.25, 0.3) is 5.56 Å². The van der Waals surface area contributed by atoms with E-state index in [0.29, 0.717) is 5.95 Å². The molecule has 2 aromatic heterocycles. The second-order valence-electron chi connectivity index (χ2n) is 8.72. The average molecular weight is 390 g/mol. The summed E-state index contributed by atoms with van der Waals surface area (Å²) in [6.45, 7) is 3.98. The van der Waals surface area contributed by atoms with Crippen LogP contribution in [0.4, 0.5) is 11.6 Å². The van der Waals surface area contributed by atoms with Gasteiger partial charge in [0.2, 0.25) is 5.95 Å². The number of H-pyrrole nitrogens is 1. The zero-order valence-electron chi connectivity index (χ0n) is 17.3. The fourth-order valence-electron chi connectivity index (χ4n) is 5.13. The number of nitrogens with zero attached hydrogens (tertiary/aromatic N) is 4. The number of hydrogen-bond donors (Lipinski definition) is 1. The molecule has 1 spiro atoms. The van der Waals surface area contributed by atoms with E-state index in [-0.39, 0.29) is 11.0 Å². The highest BCUT2D eigenvalue weighted by Crippen LogP contribution is 2.45. The number of aromatic amines is 1. The molecule has 6 heteroatoms. The monoisotopic (exact) mass is 389 g/mol. The predicted octanol–water partition coefficient (Wildman–Crippen LogP) is 3.18. The van der Waals surface area contributed by atoms with Gasteiger partial charge >= 0.3 is 0 Å². The molecule has 0 radical (unpaired) electrons. The van der Waals surface area contributed by atoms with E-state index < -0.39 is 0 Å². The number of rotatable bonds is 2. The molecule has 29 heavy (non-hydrogen) atoms. The van der Waals surface area contributed by atoms with Crippen LogP contribution in [0.2, 0.25) is 0 Å². The highest BCUT2D eigenvalue weighted by molar-refractivity contribution is 5.92. The summed E-state index contributed by atoms with van der Waals surface area (Å²) >= 11 is 0. The van der Waals surface area contributed by atoms with Crippen molar-refractivity contribution < 1.29 is 0 Å². The SMILES string of the molecule is Cc1cc(N2CCCC3(CCc4c3nc(N(C)C)[nH]c4=O)C2)c2ccccc2n1. The summed E-state index contributed by atoms with van der Waals surface area (Å²) in [7, 11) is 3.84. The lowest BCUT2D eigenvalue weighted by molar-refractivity contribution is 0.335. The van der Waals surface area contributed by atoms with Crippen molar-refractivity contribution in [1.29, 1.82) is 0 Å². The lowest BCUT2D eigenvalue weighted by Gasteiger charge is -2.42. The van der Waals surface area contributed by atoms with Gasteiger partial charge in [0, 0.05) is 54.9 Å². The van der Waals surface area contributed by atoms with E-state index in [1.165, 1.54) is 11.1 Å². The Hall–Kier alpha value is -2.89.